The molecule has 0 saturated carbocycles. The smallest absolute Gasteiger partial charge is 0.0158 e. The Balaban J connectivity index is 1.48. The van der Waals surface area contributed by atoms with Crippen molar-refractivity contribution in [3.05, 3.63) is 139 Å². The summed E-state index contributed by atoms with van der Waals surface area (Å²) in [5.74, 6) is 0. The first kappa shape index (κ1) is 22.3. The van der Waals surface area contributed by atoms with Crippen molar-refractivity contribution < 1.29 is 0 Å². The summed E-state index contributed by atoms with van der Waals surface area (Å²) in [4.78, 5) is 0. The molecule has 0 heterocycles. The van der Waals surface area contributed by atoms with Crippen molar-refractivity contribution in [1.29, 1.82) is 0 Å². The minimum Gasteiger partial charge on any atom is -0.0987 e. The van der Waals surface area contributed by atoms with Gasteiger partial charge in [0.25, 0.3) is 0 Å². The van der Waals surface area contributed by atoms with Gasteiger partial charge in [0.1, 0.15) is 0 Å². The van der Waals surface area contributed by atoms with E-state index in [1.807, 2.05) is 6.08 Å². The van der Waals surface area contributed by atoms with Gasteiger partial charge >= 0.3 is 0 Å². The molecule has 0 fully saturated rings. The minimum atomic E-state index is -0.0732. The lowest BCUT2D eigenvalue weighted by Crippen LogP contribution is -2.16. The van der Waals surface area contributed by atoms with Crippen LogP contribution in [-0.4, -0.2) is 0 Å². The Hall–Kier alpha value is -4.16. The van der Waals surface area contributed by atoms with Crippen LogP contribution in [0.2, 0.25) is 0 Å². The Morgan fingerprint density at radius 3 is 2.22 bits per heavy atom. The average molecular weight is 463 g/mol. The zero-order chi connectivity index (χ0) is 24.9. The molecule has 0 heteroatoms. The van der Waals surface area contributed by atoms with Crippen LogP contribution in [0, 0.1) is 0 Å². The molecule has 0 amide bonds. The van der Waals surface area contributed by atoms with Crippen molar-refractivity contribution in [2.75, 3.05) is 0 Å². The molecule has 0 unspecified atom stereocenters. The van der Waals surface area contributed by atoms with Gasteiger partial charge in [-0.15, -0.1) is 0 Å². The SMILES string of the molecule is C=CC1=C(/C=C\C)c2ccc(-c3cccc(-c4cccc5c4ccc4ccccc45)c3)cc2C1(C)C. The van der Waals surface area contributed by atoms with E-state index in [1.165, 1.54) is 66.1 Å². The summed E-state index contributed by atoms with van der Waals surface area (Å²) in [5, 5.41) is 5.17. The molecule has 1 aliphatic carbocycles. The third-order valence-electron chi connectivity index (χ3n) is 7.78. The highest BCUT2D eigenvalue weighted by molar-refractivity contribution is 6.12. The molecule has 5 aromatic carbocycles. The largest absolute Gasteiger partial charge is 0.0987 e. The lowest BCUT2D eigenvalue weighted by atomic mass is 9.80. The summed E-state index contributed by atoms with van der Waals surface area (Å²) < 4.78 is 0. The molecule has 0 bridgehead atoms. The van der Waals surface area contributed by atoms with Gasteiger partial charge in [-0.25, -0.2) is 0 Å². The third kappa shape index (κ3) is 3.37. The fraction of sp³-hybridized carbons (Fsp3) is 0.111. The Morgan fingerprint density at radius 1 is 0.639 bits per heavy atom. The van der Waals surface area contributed by atoms with Gasteiger partial charge in [-0.3, -0.25) is 0 Å². The van der Waals surface area contributed by atoms with Gasteiger partial charge in [-0.05, 0) is 85.1 Å². The molecule has 5 aromatic rings. The topological polar surface area (TPSA) is 0 Å². The first-order valence-corrected chi connectivity index (χ1v) is 12.7. The molecule has 0 aliphatic heterocycles. The van der Waals surface area contributed by atoms with Crippen molar-refractivity contribution in [3.63, 3.8) is 0 Å². The first-order valence-electron chi connectivity index (χ1n) is 12.7. The lowest BCUT2D eigenvalue weighted by molar-refractivity contribution is 0.655. The van der Waals surface area contributed by atoms with E-state index in [4.69, 9.17) is 0 Å². The minimum absolute atomic E-state index is 0.0732. The van der Waals surface area contributed by atoms with Crippen LogP contribution in [-0.2, 0) is 5.41 Å². The van der Waals surface area contributed by atoms with E-state index in [0.717, 1.165) is 0 Å². The van der Waals surface area contributed by atoms with Gasteiger partial charge in [0, 0.05) is 5.41 Å². The fourth-order valence-corrected chi connectivity index (χ4v) is 5.97. The van der Waals surface area contributed by atoms with E-state index in [9.17, 15) is 0 Å². The van der Waals surface area contributed by atoms with Crippen LogP contribution >= 0.6 is 0 Å². The number of rotatable bonds is 4. The maximum absolute atomic E-state index is 4.13. The molecule has 1 aliphatic rings. The number of benzene rings is 5. The second kappa shape index (κ2) is 8.50. The van der Waals surface area contributed by atoms with E-state index >= 15 is 0 Å². The average Bonchev–Trinajstić information content (AvgIpc) is 3.13. The quantitative estimate of drug-likeness (QED) is 0.233. The van der Waals surface area contributed by atoms with Crippen LogP contribution in [0.4, 0.5) is 0 Å². The van der Waals surface area contributed by atoms with Crippen molar-refractivity contribution in [2.24, 2.45) is 0 Å². The molecule has 0 atom stereocenters. The van der Waals surface area contributed by atoms with Crippen LogP contribution in [0.5, 0.6) is 0 Å². The van der Waals surface area contributed by atoms with Crippen molar-refractivity contribution in [2.45, 2.75) is 26.2 Å². The molecule has 174 valence electrons. The molecular weight excluding hydrogens is 432 g/mol. The zero-order valence-electron chi connectivity index (χ0n) is 21.2. The maximum Gasteiger partial charge on any atom is 0.0158 e. The number of fused-ring (bicyclic) bond motifs is 4. The standard InChI is InChI=1S/C36H30/c1-5-11-32-33-21-19-26(23-35(33)36(3,4)34(32)6-2)25-13-9-14-27(22-25)29-16-10-17-30-28-15-8-7-12-24(28)18-20-31(29)30/h5-23H,2H2,1,3-4H3/b11-5-. The number of hydrogen-bond acceptors (Lipinski definition) is 0. The van der Waals surface area contributed by atoms with E-state index in [2.05, 4.69) is 137 Å². The summed E-state index contributed by atoms with van der Waals surface area (Å²) in [7, 11) is 0. The first-order chi connectivity index (χ1) is 17.5. The molecule has 0 nitrogen and oxygen atoms in total. The van der Waals surface area contributed by atoms with Crippen LogP contribution < -0.4 is 0 Å². The van der Waals surface area contributed by atoms with Gasteiger partial charge in [-0.2, -0.15) is 0 Å². The number of allylic oxidation sites excluding steroid dienone is 5. The van der Waals surface area contributed by atoms with Crippen LogP contribution in [0.1, 0.15) is 31.9 Å². The molecule has 6 rings (SSSR count). The van der Waals surface area contributed by atoms with Crippen LogP contribution in [0.25, 0.3) is 49.4 Å². The van der Waals surface area contributed by atoms with Crippen molar-refractivity contribution >= 4 is 27.1 Å². The van der Waals surface area contributed by atoms with Gasteiger partial charge in [0.05, 0.1) is 0 Å². The predicted molar refractivity (Wildman–Crippen MR) is 157 cm³/mol. The van der Waals surface area contributed by atoms with Crippen molar-refractivity contribution in [3.8, 4) is 22.3 Å². The molecule has 0 aromatic heterocycles. The monoisotopic (exact) mass is 462 g/mol. The second-order valence-electron chi connectivity index (χ2n) is 10.2. The van der Waals surface area contributed by atoms with Crippen LogP contribution in [0.15, 0.2) is 127 Å². The normalized spacial score (nSPS) is 14.6. The summed E-state index contributed by atoms with van der Waals surface area (Å²) in [6.07, 6.45) is 6.36. The predicted octanol–water partition coefficient (Wildman–Crippen LogP) is 10.1. The summed E-state index contributed by atoms with van der Waals surface area (Å²) in [6, 6.07) is 35.7. The summed E-state index contributed by atoms with van der Waals surface area (Å²) in [6.45, 7) is 10.8. The third-order valence-corrected chi connectivity index (χ3v) is 7.78. The Labute approximate surface area is 213 Å². The van der Waals surface area contributed by atoms with E-state index in [-0.39, 0.29) is 5.41 Å². The molecule has 0 radical (unpaired) electrons. The fourth-order valence-electron chi connectivity index (χ4n) is 5.97. The van der Waals surface area contributed by atoms with Crippen molar-refractivity contribution in [1.82, 2.24) is 0 Å². The van der Waals surface area contributed by atoms with Crippen LogP contribution in [0.3, 0.4) is 0 Å². The molecule has 0 saturated heterocycles. The van der Waals surface area contributed by atoms with Gasteiger partial charge in [0.15, 0.2) is 0 Å². The van der Waals surface area contributed by atoms with Gasteiger partial charge in [-0.1, -0.05) is 124 Å². The Bertz CT molecular complexity index is 1720. The van der Waals surface area contributed by atoms with E-state index in [1.54, 1.807) is 0 Å². The lowest BCUT2D eigenvalue weighted by Gasteiger charge is -2.23. The Kier molecular flexibility index (Phi) is 5.27. The molecule has 0 N–H and O–H groups in total. The molecule has 0 spiro atoms. The zero-order valence-corrected chi connectivity index (χ0v) is 21.2. The highest BCUT2D eigenvalue weighted by atomic mass is 14.4. The highest BCUT2D eigenvalue weighted by Gasteiger charge is 2.35. The van der Waals surface area contributed by atoms with E-state index < -0.39 is 0 Å². The van der Waals surface area contributed by atoms with Gasteiger partial charge < -0.3 is 0 Å². The highest BCUT2D eigenvalue weighted by Crippen LogP contribution is 2.48. The molecular formula is C36H30. The second-order valence-corrected chi connectivity index (χ2v) is 10.2. The molecule has 36 heavy (non-hydrogen) atoms. The summed E-state index contributed by atoms with van der Waals surface area (Å²) >= 11 is 0. The van der Waals surface area contributed by atoms with E-state index in [0.29, 0.717) is 0 Å². The summed E-state index contributed by atoms with van der Waals surface area (Å²) in [5.41, 5.74) is 10.2. The Morgan fingerprint density at radius 2 is 1.39 bits per heavy atom. The maximum atomic E-state index is 4.13. The number of hydrogen-bond donors (Lipinski definition) is 0. The van der Waals surface area contributed by atoms with Gasteiger partial charge in [0.2, 0.25) is 0 Å².